The molecular formula is C14H15ClFN3. The number of benzene rings is 1. The van der Waals surface area contributed by atoms with E-state index in [0.717, 1.165) is 17.9 Å². The van der Waals surface area contributed by atoms with E-state index in [9.17, 15) is 4.39 Å². The molecule has 0 aliphatic carbocycles. The zero-order chi connectivity index (χ0) is 14.0. The van der Waals surface area contributed by atoms with E-state index in [2.05, 4.69) is 15.3 Å². The average molecular weight is 280 g/mol. The number of aryl methyl sites for hydroxylation is 1. The Labute approximate surface area is 116 Å². The van der Waals surface area contributed by atoms with Crippen LogP contribution in [0.1, 0.15) is 18.3 Å². The molecule has 0 amide bonds. The van der Waals surface area contributed by atoms with Crippen LogP contribution in [0.25, 0.3) is 11.3 Å². The Morgan fingerprint density at radius 3 is 2.63 bits per heavy atom. The van der Waals surface area contributed by atoms with Crippen LogP contribution < -0.4 is 5.32 Å². The molecule has 0 fully saturated rings. The molecule has 2 aromatic rings. The lowest BCUT2D eigenvalue weighted by atomic mass is 10.1. The van der Waals surface area contributed by atoms with E-state index in [4.69, 9.17) is 11.6 Å². The smallest absolute Gasteiger partial charge is 0.134 e. The average Bonchev–Trinajstić information content (AvgIpc) is 2.34. The summed E-state index contributed by atoms with van der Waals surface area (Å²) in [4.78, 5) is 8.67. The van der Waals surface area contributed by atoms with E-state index >= 15 is 0 Å². The van der Waals surface area contributed by atoms with Crippen LogP contribution in [0.3, 0.4) is 0 Å². The molecule has 2 rings (SSSR count). The first-order valence-electron chi connectivity index (χ1n) is 6.07. The summed E-state index contributed by atoms with van der Waals surface area (Å²) in [5.41, 5.74) is 1.86. The highest BCUT2D eigenvalue weighted by Crippen LogP contribution is 2.29. The number of rotatable bonds is 3. The molecule has 0 aliphatic rings. The van der Waals surface area contributed by atoms with Crippen molar-refractivity contribution >= 4 is 17.4 Å². The van der Waals surface area contributed by atoms with Gasteiger partial charge in [0.2, 0.25) is 0 Å². The summed E-state index contributed by atoms with van der Waals surface area (Å²) < 4.78 is 14.0. The molecule has 0 saturated heterocycles. The number of hydrogen-bond donors (Lipinski definition) is 1. The topological polar surface area (TPSA) is 37.8 Å². The molecule has 19 heavy (non-hydrogen) atoms. The van der Waals surface area contributed by atoms with Gasteiger partial charge in [-0.25, -0.2) is 14.4 Å². The van der Waals surface area contributed by atoms with Crippen molar-refractivity contribution in [2.75, 3.05) is 11.9 Å². The Balaban J connectivity index is 2.61. The quantitative estimate of drug-likeness (QED) is 0.923. The van der Waals surface area contributed by atoms with Crippen molar-refractivity contribution in [3.05, 3.63) is 40.4 Å². The Morgan fingerprint density at radius 2 is 2.00 bits per heavy atom. The van der Waals surface area contributed by atoms with Gasteiger partial charge in [-0.2, -0.15) is 0 Å². The van der Waals surface area contributed by atoms with Crippen LogP contribution in [0.2, 0.25) is 5.02 Å². The van der Waals surface area contributed by atoms with Crippen LogP contribution >= 0.6 is 11.6 Å². The third kappa shape index (κ3) is 2.84. The van der Waals surface area contributed by atoms with Gasteiger partial charge in [0, 0.05) is 22.7 Å². The Hall–Kier alpha value is -1.68. The van der Waals surface area contributed by atoms with Gasteiger partial charge in [-0.15, -0.1) is 0 Å². The predicted octanol–water partition coefficient (Wildman–Crippen LogP) is 3.98. The fourth-order valence-corrected chi connectivity index (χ4v) is 2.07. The molecule has 0 unspecified atom stereocenters. The van der Waals surface area contributed by atoms with Crippen LogP contribution in [0.4, 0.5) is 10.2 Å². The SMILES string of the molecule is CCNc1nc(C)nc(-c2ccc(Cl)cc2F)c1C. The molecule has 1 heterocycles. The number of hydrogen-bond acceptors (Lipinski definition) is 3. The van der Waals surface area contributed by atoms with Gasteiger partial charge in [0.1, 0.15) is 17.5 Å². The molecule has 1 aromatic carbocycles. The number of aromatic nitrogens is 2. The van der Waals surface area contributed by atoms with Crippen molar-refractivity contribution in [2.24, 2.45) is 0 Å². The van der Waals surface area contributed by atoms with Crippen molar-refractivity contribution < 1.29 is 4.39 Å². The maximum atomic E-state index is 14.0. The van der Waals surface area contributed by atoms with E-state index < -0.39 is 0 Å². The van der Waals surface area contributed by atoms with Crippen molar-refractivity contribution in [1.82, 2.24) is 9.97 Å². The van der Waals surface area contributed by atoms with Gasteiger partial charge < -0.3 is 5.32 Å². The Bertz CT molecular complexity index is 614. The largest absolute Gasteiger partial charge is 0.370 e. The Kier molecular flexibility index (Phi) is 4.00. The third-order valence-corrected chi connectivity index (χ3v) is 3.02. The van der Waals surface area contributed by atoms with Gasteiger partial charge in [0.05, 0.1) is 5.69 Å². The standard InChI is InChI=1S/C14H15ClFN3/c1-4-17-14-8(2)13(18-9(3)19-14)11-6-5-10(15)7-12(11)16/h5-7H,4H2,1-3H3,(H,17,18,19). The van der Waals surface area contributed by atoms with Gasteiger partial charge in [-0.1, -0.05) is 11.6 Å². The van der Waals surface area contributed by atoms with Gasteiger partial charge >= 0.3 is 0 Å². The van der Waals surface area contributed by atoms with Crippen molar-refractivity contribution in [3.63, 3.8) is 0 Å². The van der Waals surface area contributed by atoms with E-state index in [-0.39, 0.29) is 5.82 Å². The van der Waals surface area contributed by atoms with Crippen LogP contribution in [-0.2, 0) is 0 Å². The minimum absolute atomic E-state index is 0.372. The molecule has 100 valence electrons. The molecule has 0 spiro atoms. The van der Waals surface area contributed by atoms with Crippen LogP contribution in [0.5, 0.6) is 0 Å². The Morgan fingerprint density at radius 1 is 1.26 bits per heavy atom. The first kappa shape index (κ1) is 13.7. The van der Waals surface area contributed by atoms with Crippen LogP contribution in [-0.4, -0.2) is 16.5 Å². The second-order valence-electron chi connectivity index (χ2n) is 4.25. The maximum absolute atomic E-state index is 14.0. The minimum atomic E-state index is -0.379. The lowest BCUT2D eigenvalue weighted by Gasteiger charge is -2.12. The summed E-state index contributed by atoms with van der Waals surface area (Å²) in [6, 6.07) is 4.59. The van der Waals surface area contributed by atoms with Gasteiger partial charge in [0.25, 0.3) is 0 Å². The lowest BCUT2D eigenvalue weighted by Crippen LogP contribution is -2.06. The highest BCUT2D eigenvalue weighted by molar-refractivity contribution is 6.30. The van der Waals surface area contributed by atoms with E-state index in [1.807, 2.05) is 13.8 Å². The summed E-state index contributed by atoms with van der Waals surface area (Å²) in [7, 11) is 0. The monoisotopic (exact) mass is 279 g/mol. The molecule has 1 aromatic heterocycles. The zero-order valence-electron chi connectivity index (χ0n) is 11.1. The van der Waals surface area contributed by atoms with Crippen LogP contribution in [0.15, 0.2) is 18.2 Å². The number of halogens is 2. The highest BCUT2D eigenvalue weighted by Gasteiger charge is 2.14. The number of nitrogens with one attached hydrogen (secondary N) is 1. The maximum Gasteiger partial charge on any atom is 0.134 e. The summed E-state index contributed by atoms with van der Waals surface area (Å²) in [5, 5.41) is 3.53. The third-order valence-electron chi connectivity index (χ3n) is 2.79. The van der Waals surface area contributed by atoms with Gasteiger partial charge in [-0.3, -0.25) is 0 Å². The fourth-order valence-electron chi connectivity index (χ4n) is 1.91. The first-order chi connectivity index (χ1) is 9.02. The van der Waals surface area contributed by atoms with E-state index in [1.165, 1.54) is 6.07 Å². The molecule has 1 N–H and O–H groups in total. The molecule has 0 atom stereocenters. The normalized spacial score (nSPS) is 10.6. The zero-order valence-corrected chi connectivity index (χ0v) is 11.8. The first-order valence-corrected chi connectivity index (χ1v) is 6.45. The summed E-state index contributed by atoms with van der Waals surface area (Å²) in [6.45, 7) is 6.40. The second kappa shape index (κ2) is 5.53. The number of anilines is 1. The molecule has 0 aliphatic heterocycles. The van der Waals surface area contributed by atoms with Gasteiger partial charge in [-0.05, 0) is 39.0 Å². The number of nitrogens with zero attached hydrogens (tertiary/aromatic N) is 2. The molecule has 0 saturated carbocycles. The van der Waals surface area contributed by atoms with Gasteiger partial charge in [0.15, 0.2) is 0 Å². The second-order valence-corrected chi connectivity index (χ2v) is 4.68. The summed E-state index contributed by atoms with van der Waals surface area (Å²) in [6.07, 6.45) is 0. The summed E-state index contributed by atoms with van der Waals surface area (Å²) >= 11 is 5.77. The summed E-state index contributed by atoms with van der Waals surface area (Å²) in [5.74, 6) is 0.960. The van der Waals surface area contributed by atoms with E-state index in [1.54, 1.807) is 19.1 Å². The van der Waals surface area contributed by atoms with Crippen molar-refractivity contribution in [1.29, 1.82) is 0 Å². The van der Waals surface area contributed by atoms with E-state index in [0.29, 0.717) is 22.1 Å². The fraction of sp³-hybridized carbons (Fsp3) is 0.286. The predicted molar refractivity (Wildman–Crippen MR) is 76.1 cm³/mol. The molecule has 0 bridgehead atoms. The van der Waals surface area contributed by atoms with Crippen LogP contribution in [0, 0.1) is 19.7 Å². The highest BCUT2D eigenvalue weighted by atomic mass is 35.5. The molecule has 0 radical (unpaired) electrons. The van der Waals surface area contributed by atoms with Crippen molar-refractivity contribution in [2.45, 2.75) is 20.8 Å². The molecule has 3 nitrogen and oxygen atoms in total. The lowest BCUT2D eigenvalue weighted by molar-refractivity contribution is 0.630. The van der Waals surface area contributed by atoms with Crippen molar-refractivity contribution in [3.8, 4) is 11.3 Å². The molecular weight excluding hydrogens is 265 g/mol. The minimum Gasteiger partial charge on any atom is -0.370 e. The molecule has 5 heteroatoms.